The monoisotopic (exact) mass is 316 g/mol. The van der Waals surface area contributed by atoms with Gasteiger partial charge in [0.15, 0.2) is 11.5 Å². The fraction of sp³-hybridized carbons (Fsp3) is 0.571. The smallest absolute Gasteiger partial charge is 0.175 e. The zero-order chi connectivity index (χ0) is 13.5. The van der Waals surface area contributed by atoms with Crippen molar-refractivity contribution in [2.24, 2.45) is 0 Å². The van der Waals surface area contributed by atoms with Crippen LogP contribution in [0.4, 0.5) is 0 Å². The molecular formula is C14H21BrO3. The summed E-state index contributed by atoms with van der Waals surface area (Å²) < 4.78 is 12.1. The number of hydrogen-bond acceptors (Lipinski definition) is 3. The van der Waals surface area contributed by atoms with Crippen LogP contribution < -0.4 is 9.47 Å². The molecule has 0 saturated carbocycles. The Morgan fingerprint density at radius 1 is 1.22 bits per heavy atom. The van der Waals surface area contributed by atoms with Gasteiger partial charge in [-0.15, -0.1) is 0 Å². The van der Waals surface area contributed by atoms with Crippen LogP contribution in [-0.4, -0.2) is 18.3 Å². The highest BCUT2D eigenvalue weighted by atomic mass is 79.9. The van der Waals surface area contributed by atoms with E-state index >= 15 is 0 Å². The molecule has 18 heavy (non-hydrogen) atoms. The number of hydrogen-bond donors (Lipinski definition) is 1. The van der Waals surface area contributed by atoms with E-state index in [1.165, 1.54) is 0 Å². The summed E-state index contributed by atoms with van der Waals surface area (Å²) in [6.07, 6.45) is 1.14. The van der Waals surface area contributed by atoms with Crippen molar-refractivity contribution in [3.05, 3.63) is 22.2 Å². The maximum Gasteiger partial charge on any atom is 0.175 e. The first-order valence-corrected chi connectivity index (χ1v) is 7.20. The average Bonchev–Trinajstić information content (AvgIpc) is 2.37. The molecule has 0 amide bonds. The minimum atomic E-state index is -0.472. The summed E-state index contributed by atoms with van der Waals surface area (Å²) >= 11 is 3.48. The number of ether oxygens (including phenoxy) is 2. The standard InChI is InChI=1S/C14H21BrO3/c1-4-7-18-14-11(15)8-10(12(16)5-2)9-13(14)17-6-3/h8-9,12,16H,4-7H2,1-3H3. The Morgan fingerprint density at radius 2 is 1.94 bits per heavy atom. The molecular weight excluding hydrogens is 296 g/mol. The Kier molecular flexibility index (Phi) is 6.50. The third-order valence-corrected chi connectivity index (χ3v) is 3.14. The molecule has 0 radical (unpaired) electrons. The van der Waals surface area contributed by atoms with E-state index in [9.17, 15) is 5.11 Å². The first-order valence-electron chi connectivity index (χ1n) is 6.41. The zero-order valence-electron chi connectivity index (χ0n) is 11.2. The van der Waals surface area contributed by atoms with Gasteiger partial charge >= 0.3 is 0 Å². The second-order valence-electron chi connectivity index (χ2n) is 4.04. The Bertz CT molecular complexity index is 380. The molecule has 3 nitrogen and oxygen atoms in total. The van der Waals surface area contributed by atoms with Gasteiger partial charge in [-0.1, -0.05) is 13.8 Å². The number of aliphatic hydroxyl groups excluding tert-OH is 1. The van der Waals surface area contributed by atoms with Crippen molar-refractivity contribution in [2.45, 2.75) is 39.7 Å². The number of aliphatic hydroxyl groups is 1. The molecule has 1 unspecified atom stereocenters. The zero-order valence-corrected chi connectivity index (χ0v) is 12.8. The second-order valence-corrected chi connectivity index (χ2v) is 4.89. The predicted molar refractivity (Wildman–Crippen MR) is 76.3 cm³/mol. The summed E-state index contributed by atoms with van der Waals surface area (Å²) in [5.41, 5.74) is 0.844. The van der Waals surface area contributed by atoms with E-state index in [1.807, 2.05) is 26.0 Å². The molecule has 0 aliphatic carbocycles. The minimum Gasteiger partial charge on any atom is -0.490 e. The van der Waals surface area contributed by atoms with Gasteiger partial charge < -0.3 is 14.6 Å². The van der Waals surface area contributed by atoms with E-state index in [0.717, 1.165) is 16.5 Å². The fourth-order valence-electron chi connectivity index (χ4n) is 1.62. The molecule has 0 saturated heterocycles. The van der Waals surface area contributed by atoms with Crippen molar-refractivity contribution in [3.63, 3.8) is 0 Å². The lowest BCUT2D eigenvalue weighted by Gasteiger charge is -2.17. The molecule has 4 heteroatoms. The molecule has 1 aromatic carbocycles. The van der Waals surface area contributed by atoms with Crippen LogP contribution in [0.1, 0.15) is 45.3 Å². The van der Waals surface area contributed by atoms with Gasteiger partial charge in [-0.3, -0.25) is 0 Å². The van der Waals surface area contributed by atoms with Crippen molar-refractivity contribution in [1.82, 2.24) is 0 Å². The lowest BCUT2D eigenvalue weighted by atomic mass is 10.1. The van der Waals surface area contributed by atoms with Crippen LogP contribution in [0.3, 0.4) is 0 Å². The number of benzene rings is 1. The van der Waals surface area contributed by atoms with Crippen LogP contribution in [0.15, 0.2) is 16.6 Å². The molecule has 0 spiro atoms. The molecule has 102 valence electrons. The molecule has 0 fully saturated rings. The lowest BCUT2D eigenvalue weighted by molar-refractivity contribution is 0.172. The molecule has 1 aromatic rings. The summed E-state index contributed by atoms with van der Waals surface area (Å²) in [6.45, 7) is 7.15. The highest BCUT2D eigenvalue weighted by molar-refractivity contribution is 9.10. The summed E-state index contributed by atoms with van der Waals surface area (Å²) in [4.78, 5) is 0. The summed E-state index contributed by atoms with van der Waals surface area (Å²) in [7, 11) is 0. The van der Waals surface area contributed by atoms with Gasteiger partial charge in [-0.05, 0) is 53.4 Å². The minimum absolute atomic E-state index is 0.472. The van der Waals surface area contributed by atoms with E-state index in [1.54, 1.807) is 0 Å². The van der Waals surface area contributed by atoms with Crippen molar-refractivity contribution in [3.8, 4) is 11.5 Å². The summed E-state index contributed by atoms with van der Waals surface area (Å²) in [6, 6.07) is 3.75. The van der Waals surface area contributed by atoms with Crippen molar-refractivity contribution in [2.75, 3.05) is 13.2 Å². The maximum absolute atomic E-state index is 9.90. The Morgan fingerprint density at radius 3 is 2.50 bits per heavy atom. The van der Waals surface area contributed by atoms with Crippen LogP contribution >= 0.6 is 15.9 Å². The maximum atomic E-state index is 9.90. The van der Waals surface area contributed by atoms with Gasteiger partial charge in [0.25, 0.3) is 0 Å². The van der Waals surface area contributed by atoms with Gasteiger partial charge in [0.1, 0.15) is 0 Å². The van der Waals surface area contributed by atoms with Crippen molar-refractivity contribution >= 4 is 15.9 Å². The Hall–Kier alpha value is -0.740. The van der Waals surface area contributed by atoms with E-state index in [4.69, 9.17) is 9.47 Å². The van der Waals surface area contributed by atoms with Gasteiger partial charge in [0, 0.05) is 0 Å². The number of rotatable bonds is 7. The molecule has 1 rings (SSSR count). The first kappa shape index (κ1) is 15.3. The van der Waals surface area contributed by atoms with Gasteiger partial charge in [-0.25, -0.2) is 0 Å². The van der Waals surface area contributed by atoms with E-state index in [2.05, 4.69) is 22.9 Å². The van der Waals surface area contributed by atoms with E-state index in [0.29, 0.717) is 31.1 Å². The van der Waals surface area contributed by atoms with Crippen LogP contribution in [0.2, 0.25) is 0 Å². The molecule has 0 aliphatic rings. The SMILES string of the molecule is CCCOc1c(Br)cc(C(O)CC)cc1OCC. The van der Waals surface area contributed by atoms with Crippen molar-refractivity contribution in [1.29, 1.82) is 0 Å². The fourth-order valence-corrected chi connectivity index (χ4v) is 2.20. The van der Waals surface area contributed by atoms with Crippen LogP contribution in [-0.2, 0) is 0 Å². The highest BCUT2D eigenvalue weighted by Crippen LogP contribution is 2.38. The van der Waals surface area contributed by atoms with E-state index < -0.39 is 6.10 Å². The topological polar surface area (TPSA) is 38.7 Å². The average molecular weight is 317 g/mol. The molecule has 1 N–H and O–H groups in total. The molecule has 1 atom stereocenters. The third-order valence-electron chi connectivity index (χ3n) is 2.55. The van der Waals surface area contributed by atoms with Crippen LogP contribution in [0.5, 0.6) is 11.5 Å². The Balaban J connectivity index is 3.09. The highest BCUT2D eigenvalue weighted by Gasteiger charge is 2.15. The Labute approximate surface area is 117 Å². The van der Waals surface area contributed by atoms with Gasteiger partial charge in [0.05, 0.1) is 23.8 Å². The van der Waals surface area contributed by atoms with Gasteiger partial charge in [-0.2, -0.15) is 0 Å². The molecule has 0 aliphatic heterocycles. The quantitative estimate of drug-likeness (QED) is 0.823. The molecule has 0 bridgehead atoms. The normalized spacial score (nSPS) is 12.3. The lowest BCUT2D eigenvalue weighted by Crippen LogP contribution is -2.03. The van der Waals surface area contributed by atoms with E-state index in [-0.39, 0.29) is 0 Å². The first-order chi connectivity index (χ1) is 8.63. The molecule has 0 aromatic heterocycles. The number of halogens is 1. The third kappa shape index (κ3) is 3.89. The second kappa shape index (κ2) is 7.64. The summed E-state index contributed by atoms with van der Waals surface area (Å²) in [5, 5.41) is 9.90. The summed E-state index contributed by atoms with van der Waals surface area (Å²) in [5.74, 6) is 1.40. The molecule has 0 heterocycles. The van der Waals surface area contributed by atoms with Crippen molar-refractivity contribution < 1.29 is 14.6 Å². The largest absolute Gasteiger partial charge is 0.490 e. The van der Waals surface area contributed by atoms with Gasteiger partial charge in [0.2, 0.25) is 0 Å². The van der Waals surface area contributed by atoms with Crippen LogP contribution in [0.25, 0.3) is 0 Å². The predicted octanol–water partition coefficient (Wildman–Crippen LogP) is 4.08. The van der Waals surface area contributed by atoms with Crippen LogP contribution in [0, 0.1) is 0 Å².